The first-order chi connectivity index (χ1) is 13.5. The molecule has 0 radical (unpaired) electrons. The van der Waals surface area contributed by atoms with Gasteiger partial charge in [-0.3, -0.25) is 9.59 Å². The van der Waals surface area contributed by atoms with Crippen molar-refractivity contribution in [2.45, 2.75) is 63.9 Å². The van der Waals surface area contributed by atoms with Crippen LogP contribution >= 0.6 is 0 Å². The molecule has 0 aromatic heterocycles. The van der Waals surface area contributed by atoms with E-state index in [2.05, 4.69) is 6.58 Å². The summed E-state index contributed by atoms with van der Waals surface area (Å²) in [5, 5.41) is 34.6. The number of esters is 1. The molecule has 6 fully saturated rings. The van der Waals surface area contributed by atoms with E-state index in [1.54, 1.807) is 0 Å². The summed E-state index contributed by atoms with van der Waals surface area (Å²) in [6, 6.07) is 0. The van der Waals surface area contributed by atoms with Crippen LogP contribution < -0.4 is 0 Å². The van der Waals surface area contributed by atoms with Crippen molar-refractivity contribution in [1.82, 2.24) is 0 Å². The number of aliphatic hydroxyl groups excluding tert-OH is 2. The lowest BCUT2D eigenvalue weighted by atomic mass is 9.36. The lowest BCUT2D eigenvalue weighted by molar-refractivity contribution is -0.450. The van der Waals surface area contributed by atoms with Crippen molar-refractivity contribution >= 4 is 11.8 Å². The van der Waals surface area contributed by atoms with E-state index in [1.165, 1.54) is 6.92 Å². The van der Waals surface area contributed by atoms with E-state index >= 15 is 0 Å². The Hall–Kier alpha value is -1.28. The summed E-state index contributed by atoms with van der Waals surface area (Å²) in [6.45, 7) is 7.44. The first kappa shape index (κ1) is 19.7. The minimum atomic E-state index is -2.02. The summed E-state index contributed by atoms with van der Waals surface area (Å²) in [5.74, 6) is -3.52. The van der Waals surface area contributed by atoms with Gasteiger partial charge in [0.2, 0.25) is 5.79 Å². The predicted molar refractivity (Wildman–Crippen MR) is 100 cm³/mol. The largest absolute Gasteiger partial charge is 0.465 e. The quantitative estimate of drug-likeness (QED) is 0.462. The molecule has 0 amide bonds. The van der Waals surface area contributed by atoms with Gasteiger partial charge in [0.05, 0.1) is 24.7 Å². The minimum Gasteiger partial charge on any atom is -0.465 e. The molecule has 160 valence electrons. The van der Waals surface area contributed by atoms with Crippen LogP contribution in [0.15, 0.2) is 12.2 Å². The molecular weight excluding hydrogens is 376 g/mol. The van der Waals surface area contributed by atoms with E-state index < -0.39 is 46.1 Å². The third-order valence-electron chi connectivity index (χ3n) is 9.25. The third-order valence-corrected chi connectivity index (χ3v) is 9.25. The molecule has 9 atom stereocenters. The fourth-order valence-electron chi connectivity index (χ4n) is 8.08. The van der Waals surface area contributed by atoms with Gasteiger partial charge in [0.1, 0.15) is 6.10 Å². The van der Waals surface area contributed by atoms with Crippen LogP contribution in [0.25, 0.3) is 0 Å². The molecule has 29 heavy (non-hydrogen) atoms. The zero-order chi connectivity index (χ0) is 21.0. The van der Waals surface area contributed by atoms with Crippen molar-refractivity contribution in [3.63, 3.8) is 0 Å². The summed E-state index contributed by atoms with van der Waals surface area (Å²) in [6.07, 6.45) is 0.743. The summed E-state index contributed by atoms with van der Waals surface area (Å²) in [7, 11) is 0. The number of hydrogen-bond acceptors (Lipinski definition) is 7. The molecule has 6 rings (SSSR count). The van der Waals surface area contributed by atoms with Gasteiger partial charge < -0.3 is 24.8 Å². The number of Topliss-reactive ketones (excluding diaryl/α,β-unsaturated/α-hetero) is 1. The third kappa shape index (κ3) is 1.98. The van der Waals surface area contributed by atoms with Gasteiger partial charge in [-0.1, -0.05) is 13.5 Å². The molecular formula is C22H30O7. The number of ether oxygens (including phenoxy) is 2. The predicted octanol–water partition coefficient (Wildman–Crippen LogP) is 0.948. The molecule has 2 saturated heterocycles. The molecule has 2 heterocycles. The average Bonchev–Trinajstić information content (AvgIpc) is 2.87. The second-order valence-electron chi connectivity index (χ2n) is 10.4. The highest BCUT2D eigenvalue weighted by molar-refractivity contribution is 6.04. The van der Waals surface area contributed by atoms with Crippen molar-refractivity contribution in [3.8, 4) is 0 Å². The zero-order valence-corrected chi connectivity index (χ0v) is 17.0. The van der Waals surface area contributed by atoms with Crippen LogP contribution in [0.5, 0.6) is 0 Å². The maximum absolute atomic E-state index is 13.4. The van der Waals surface area contributed by atoms with Gasteiger partial charge >= 0.3 is 5.97 Å². The molecule has 0 aromatic carbocycles. The number of hydrogen-bond donors (Lipinski definition) is 3. The average molecular weight is 406 g/mol. The van der Waals surface area contributed by atoms with E-state index in [0.717, 1.165) is 6.42 Å². The van der Waals surface area contributed by atoms with Gasteiger partial charge in [-0.25, -0.2) is 0 Å². The molecule has 7 heteroatoms. The number of rotatable bonds is 2. The highest BCUT2D eigenvalue weighted by Gasteiger charge is 2.84. The van der Waals surface area contributed by atoms with Gasteiger partial charge in [-0.15, -0.1) is 0 Å². The minimum absolute atomic E-state index is 0.0130. The highest BCUT2D eigenvalue weighted by atomic mass is 16.6. The van der Waals surface area contributed by atoms with E-state index in [9.17, 15) is 24.9 Å². The zero-order valence-electron chi connectivity index (χ0n) is 17.0. The van der Waals surface area contributed by atoms with E-state index in [-0.39, 0.29) is 30.8 Å². The Balaban J connectivity index is 1.69. The molecule has 2 spiro atoms. The molecule has 6 aliphatic rings. The van der Waals surface area contributed by atoms with Crippen molar-refractivity contribution < 1.29 is 34.4 Å². The molecule has 4 aliphatic carbocycles. The first-order valence-corrected chi connectivity index (χ1v) is 10.6. The van der Waals surface area contributed by atoms with E-state index in [4.69, 9.17) is 9.47 Å². The lowest BCUT2D eigenvalue weighted by Gasteiger charge is -2.74. The highest BCUT2D eigenvalue weighted by Crippen LogP contribution is 2.76. The summed E-state index contributed by atoms with van der Waals surface area (Å²) >= 11 is 0. The van der Waals surface area contributed by atoms with Crippen LogP contribution in [0.2, 0.25) is 0 Å². The Bertz CT molecular complexity index is 809. The maximum Gasteiger partial charge on any atom is 0.302 e. The van der Waals surface area contributed by atoms with Gasteiger partial charge in [-0.05, 0) is 49.5 Å². The molecule has 0 aromatic rings. The monoisotopic (exact) mass is 406 g/mol. The Morgan fingerprint density at radius 1 is 1.31 bits per heavy atom. The fourth-order valence-corrected chi connectivity index (χ4v) is 8.08. The number of carbonyl (C=O) groups is 2. The summed E-state index contributed by atoms with van der Waals surface area (Å²) in [5.41, 5.74) is -2.27. The lowest BCUT2D eigenvalue weighted by Crippen LogP contribution is -2.84. The number of aliphatic hydroxyl groups is 3. The van der Waals surface area contributed by atoms with Gasteiger partial charge in [0.25, 0.3) is 0 Å². The number of ketones is 1. The Kier molecular flexibility index (Phi) is 3.86. The van der Waals surface area contributed by atoms with Gasteiger partial charge in [0, 0.05) is 23.7 Å². The van der Waals surface area contributed by atoms with E-state index in [1.807, 2.05) is 6.92 Å². The van der Waals surface area contributed by atoms with Crippen LogP contribution in [0.1, 0.15) is 46.0 Å². The fraction of sp³-hybridized carbons (Fsp3) is 0.818. The topological polar surface area (TPSA) is 113 Å². The summed E-state index contributed by atoms with van der Waals surface area (Å²) in [4.78, 5) is 24.9. The van der Waals surface area contributed by atoms with Crippen LogP contribution in [0.3, 0.4) is 0 Å². The van der Waals surface area contributed by atoms with Crippen molar-refractivity contribution in [1.29, 1.82) is 0 Å². The van der Waals surface area contributed by atoms with E-state index in [0.29, 0.717) is 31.3 Å². The smallest absolute Gasteiger partial charge is 0.302 e. The number of carbonyl (C=O) groups excluding carboxylic acids is 2. The van der Waals surface area contributed by atoms with Crippen molar-refractivity contribution in [2.75, 3.05) is 13.2 Å². The van der Waals surface area contributed by atoms with Crippen LogP contribution in [0, 0.1) is 34.0 Å². The molecule has 4 saturated carbocycles. The molecule has 3 N–H and O–H groups in total. The standard InChI is InChI=1S/C22H30O7/c1-11-13-4-5-14-20-10-29-22(27,21(14,8-13)17(11)25)18(26)16(20)19(3,7-6-15(20)24)9-28-12(2)23/h13-16,18,24,26-27H,1,4-10H2,2-3H3/t13?,14-,15+,16+,18-,19-,20+,21-,22-/m0/s1. The normalized spacial score (nSPS) is 55.4. The second-order valence-corrected chi connectivity index (χ2v) is 10.4. The Morgan fingerprint density at radius 3 is 2.72 bits per heavy atom. The van der Waals surface area contributed by atoms with Crippen molar-refractivity contribution in [3.05, 3.63) is 12.2 Å². The van der Waals surface area contributed by atoms with Gasteiger partial charge in [-0.2, -0.15) is 0 Å². The number of allylic oxidation sites excluding steroid dienone is 1. The van der Waals surface area contributed by atoms with Crippen molar-refractivity contribution in [2.24, 2.45) is 34.0 Å². The van der Waals surface area contributed by atoms with Crippen LogP contribution in [0.4, 0.5) is 0 Å². The molecule has 7 nitrogen and oxygen atoms in total. The van der Waals surface area contributed by atoms with Gasteiger partial charge in [0.15, 0.2) is 5.78 Å². The Morgan fingerprint density at radius 2 is 2.03 bits per heavy atom. The van der Waals surface area contributed by atoms with Crippen LogP contribution in [-0.2, 0) is 19.1 Å². The Labute approximate surface area is 170 Å². The summed E-state index contributed by atoms with van der Waals surface area (Å²) < 4.78 is 11.3. The SMILES string of the molecule is C=C1C(=O)[C@]23CC1CC[C@H]2[C@@]12CO[C@@]3(O)[C@@H](O)[C@@H]1[C@](C)(COC(C)=O)CC[C@H]2O. The number of fused-ring (bicyclic) bond motifs is 2. The first-order valence-electron chi connectivity index (χ1n) is 10.6. The molecule has 2 aliphatic heterocycles. The maximum atomic E-state index is 13.4. The molecule has 4 bridgehead atoms. The molecule has 1 unspecified atom stereocenters. The van der Waals surface area contributed by atoms with Crippen LogP contribution in [-0.4, -0.2) is 58.3 Å². The second kappa shape index (κ2) is 5.69.